The molecule has 0 aliphatic carbocycles. The molecule has 0 fully saturated rings. The van der Waals surface area contributed by atoms with Crippen LogP contribution in [0, 0.1) is 13.8 Å². The van der Waals surface area contributed by atoms with Gasteiger partial charge in [-0.1, -0.05) is 35.9 Å². The van der Waals surface area contributed by atoms with E-state index >= 15 is 0 Å². The van der Waals surface area contributed by atoms with Gasteiger partial charge in [-0.25, -0.2) is 4.98 Å². The fourth-order valence-electron chi connectivity index (χ4n) is 2.94. The number of nitrogens with zero attached hydrogens (tertiary/aromatic N) is 2. The molecule has 0 radical (unpaired) electrons. The zero-order valence-corrected chi connectivity index (χ0v) is 16.5. The van der Waals surface area contributed by atoms with Gasteiger partial charge in [0.2, 0.25) is 5.95 Å². The highest BCUT2D eigenvalue weighted by Gasteiger charge is 2.08. The molecule has 0 bridgehead atoms. The van der Waals surface area contributed by atoms with Crippen LogP contribution in [0.1, 0.15) is 16.7 Å². The molecule has 1 aromatic heterocycles. The van der Waals surface area contributed by atoms with E-state index in [1.165, 1.54) is 0 Å². The Bertz CT molecular complexity index is 907. The van der Waals surface area contributed by atoms with Crippen LogP contribution in [0.5, 0.6) is 5.75 Å². The molecule has 0 aliphatic rings. The van der Waals surface area contributed by atoms with Crippen LogP contribution in [0.3, 0.4) is 0 Å². The lowest BCUT2D eigenvalue weighted by molar-refractivity contribution is 0.410. The van der Waals surface area contributed by atoms with Crippen molar-refractivity contribution in [2.24, 2.45) is 0 Å². The number of aryl methyl sites for hydroxylation is 2. The quantitative estimate of drug-likeness (QED) is 0.591. The number of ether oxygens (including phenoxy) is 1. The smallest absolute Gasteiger partial charge is 0.229 e. The molecule has 2 aromatic carbocycles. The minimum Gasteiger partial charge on any atom is -0.496 e. The van der Waals surface area contributed by atoms with Crippen LogP contribution in [0.15, 0.2) is 48.7 Å². The number of rotatable bonds is 7. The van der Waals surface area contributed by atoms with Gasteiger partial charge in [0.1, 0.15) is 11.6 Å². The Balaban J connectivity index is 1.66. The lowest BCUT2D eigenvalue weighted by Crippen LogP contribution is -2.08. The van der Waals surface area contributed by atoms with Gasteiger partial charge in [0.25, 0.3) is 0 Å². The second kappa shape index (κ2) is 8.73. The highest BCUT2D eigenvalue weighted by molar-refractivity contribution is 6.33. The topological polar surface area (TPSA) is 59.1 Å². The normalized spacial score (nSPS) is 10.5. The van der Waals surface area contributed by atoms with Gasteiger partial charge in [0.15, 0.2) is 0 Å². The average molecular weight is 383 g/mol. The second-order valence-corrected chi connectivity index (χ2v) is 6.72. The number of halogens is 1. The van der Waals surface area contributed by atoms with Gasteiger partial charge in [0.05, 0.1) is 17.8 Å². The Labute approximate surface area is 164 Å². The molecule has 6 heteroatoms. The van der Waals surface area contributed by atoms with Crippen molar-refractivity contribution in [3.8, 4) is 5.75 Å². The van der Waals surface area contributed by atoms with Crippen molar-refractivity contribution < 1.29 is 4.74 Å². The molecule has 0 spiro atoms. The number of hydrogen-bond donors (Lipinski definition) is 2. The lowest BCUT2D eigenvalue weighted by atomic mass is 10.1. The van der Waals surface area contributed by atoms with Crippen LogP contribution in [0.2, 0.25) is 5.02 Å². The van der Waals surface area contributed by atoms with Crippen molar-refractivity contribution in [3.05, 3.63) is 70.4 Å². The SMILES string of the molecule is COc1ccccc1CCNc1ccnc(Nc2c(C)cc(C)cc2Cl)n1. The number of aromatic nitrogens is 2. The predicted molar refractivity (Wildman–Crippen MR) is 111 cm³/mol. The summed E-state index contributed by atoms with van der Waals surface area (Å²) in [5, 5.41) is 7.21. The zero-order valence-electron chi connectivity index (χ0n) is 15.7. The molecule has 3 rings (SSSR count). The third-order valence-electron chi connectivity index (χ3n) is 4.22. The summed E-state index contributed by atoms with van der Waals surface area (Å²) in [6.07, 6.45) is 2.55. The number of anilines is 3. The lowest BCUT2D eigenvalue weighted by Gasteiger charge is -2.13. The van der Waals surface area contributed by atoms with Crippen molar-refractivity contribution in [1.82, 2.24) is 9.97 Å². The molecule has 0 saturated carbocycles. The molecule has 140 valence electrons. The first-order chi connectivity index (χ1) is 13.1. The van der Waals surface area contributed by atoms with Crippen molar-refractivity contribution in [2.75, 3.05) is 24.3 Å². The van der Waals surface area contributed by atoms with Gasteiger partial charge in [-0.05, 0) is 55.2 Å². The van der Waals surface area contributed by atoms with E-state index in [-0.39, 0.29) is 0 Å². The third kappa shape index (κ3) is 4.89. The molecular weight excluding hydrogens is 360 g/mol. The summed E-state index contributed by atoms with van der Waals surface area (Å²) in [7, 11) is 1.69. The first-order valence-corrected chi connectivity index (χ1v) is 9.17. The first-order valence-electron chi connectivity index (χ1n) is 8.79. The number of benzene rings is 2. The minimum absolute atomic E-state index is 0.506. The summed E-state index contributed by atoms with van der Waals surface area (Å²) >= 11 is 6.36. The molecule has 0 saturated heterocycles. The Morgan fingerprint density at radius 2 is 1.93 bits per heavy atom. The van der Waals surface area contributed by atoms with Crippen molar-refractivity contribution in [3.63, 3.8) is 0 Å². The Kier molecular flexibility index (Phi) is 6.14. The van der Waals surface area contributed by atoms with Gasteiger partial charge >= 0.3 is 0 Å². The predicted octanol–water partition coefficient (Wildman–Crippen LogP) is 5.15. The van der Waals surface area contributed by atoms with Crippen molar-refractivity contribution >= 4 is 29.1 Å². The van der Waals surface area contributed by atoms with Gasteiger partial charge in [-0.3, -0.25) is 0 Å². The van der Waals surface area contributed by atoms with E-state index in [9.17, 15) is 0 Å². The van der Waals surface area contributed by atoms with Gasteiger partial charge in [-0.15, -0.1) is 0 Å². The minimum atomic E-state index is 0.506. The Hall–Kier alpha value is -2.79. The Morgan fingerprint density at radius 3 is 2.70 bits per heavy atom. The summed E-state index contributed by atoms with van der Waals surface area (Å²) in [5.74, 6) is 2.16. The fraction of sp³-hybridized carbons (Fsp3) is 0.238. The monoisotopic (exact) mass is 382 g/mol. The third-order valence-corrected chi connectivity index (χ3v) is 4.52. The fourth-order valence-corrected chi connectivity index (χ4v) is 3.31. The molecule has 5 nitrogen and oxygen atoms in total. The van der Waals surface area contributed by atoms with Gasteiger partial charge in [-0.2, -0.15) is 4.98 Å². The van der Waals surface area contributed by atoms with E-state index in [1.807, 2.05) is 44.2 Å². The molecular formula is C21H23ClN4O. The summed E-state index contributed by atoms with van der Waals surface area (Å²) in [4.78, 5) is 8.82. The largest absolute Gasteiger partial charge is 0.496 e. The average Bonchev–Trinajstić information content (AvgIpc) is 2.65. The van der Waals surface area contributed by atoms with E-state index in [1.54, 1.807) is 13.3 Å². The number of methoxy groups -OCH3 is 1. The van der Waals surface area contributed by atoms with Gasteiger partial charge in [0, 0.05) is 12.7 Å². The van der Waals surface area contributed by atoms with Crippen LogP contribution >= 0.6 is 11.6 Å². The van der Waals surface area contributed by atoms with Crippen LogP contribution in [-0.2, 0) is 6.42 Å². The van der Waals surface area contributed by atoms with E-state index in [2.05, 4.69) is 32.7 Å². The highest BCUT2D eigenvalue weighted by atomic mass is 35.5. The van der Waals surface area contributed by atoms with Crippen molar-refractivity contribution in [1.29, 1.82) is 0 Å². The molecule has 27 heavy (non-hydrogen) atoms. The van der Waals surface area contributed by atoms with E-state index < -0.39 is 0 Å². The summed E-state index contributed by atoms with van der Waals surface area (Å²) < 4.78 is 5.39. The summed E-state index contributed by atoms with van der Waals surface area (Å²) in [6, 6.07) is 13.9. The summed E-state index contributed by atoms with van der Waals surface area (Å²) in [5.41, 5.74) is 4.16. The molecule has 0 atom stereocenters. The van der Waals surface area contributed by atoms with E-state index in [4.69, 9.17) is 16.3 Å². The van der Waals surface area contributed by atoms with E-state index in [0.717, 1.165) is 46.9 Å². The van der Waals surface area contributed by atoms with Crippen molar-refractivity contribution in [2.45, 2.75) is 20.3 Å². The number of para-hydroxylation sites is 1. The molecule has 3 aromatic rings. The maximum atomic E-state index is 6.36. The first kappa shape index (κ1) is 19.0. The van der Waals surface area contributed by atoms with Crippen LogP contribution in [0.25, 0.3) is 0 Å². The van der Waals surface area contributed by atoms with Crippen LogP contribution in [-0.4, -0.2) is 23.6 Å². The van der Waals surface area contributed by atoms with Crippen LogP contribution < -0.4 is 15.4 Å². The summed E-state index contributed by atoms with van der Waals surface area (Å²) in [6.45, 7) is 4.77. The zero-order chi connectivity index (χ0) is 19.2. The molecule has 0 aliphatic heterocycles. The van der Waals surface area contributed by atoms with Gasteiger partial charge < -0.3 is 15.4 Å². The standard InChI is InChI=1S/C21H23ClN4O/c1-14-12-15(2)20(17(22)13-14)26-21-24-11-9-19(25-21)23-10-8-16-6-4-5-7-18(16)27-3/h4-7,9,11-13H,8,10H2,1-3H3,(H2,23,24,25,26). The second-order valence-electron chi connectivity index (χ2n) is 6.32. The van der Waals surface area contributed by atoms with E-state index in [0.29, 0.717) is 11.0 Å². The molecule has 2 N–H and O–H groups in total. The highest BCUT2D eigenvalue weighted by Crippen LogP contribution is 2.29. The maximum Gasteiger partial charge on any atom is 0.229 e. The molecule has 0 unspecified atom stereocenters. The number of nitrogens with one attached hydrogen (secondary N) is 2. The van der Waals surface area contributed by atoms with Crippen LogP contribution in [0.4, 0.5) is 17.5 Å². The maximum absolute atomic E-state index is 6.36. The molecule has 0 amide bonds. The molecule has 1 heterocycles. The number of hydrogen-bond acceptors (Lipinski definition) is 5. The Morgan fingerprint density at radius 1 is 1.11 bits per heavy atom.